The van der Waals surface area contributed by atoms with Crippen LogP contribution in [0.15, 0.2) is 30.3 Å². The van der Waals surface area contributed by atoms with Crippen LogP contribution in [-0.2, 0) is 0 Å². The van der Waals surface area contributed by atoms with E-state index < -0.39 is 17.5 Å². The minimum absolute atomic E-state index is 0.170. The number of para-hydroxylation sites is 1. The molecule has 23 heavy (non-hydrogen) atoms. The highest BCUT2D eigenvalue weighted by Crippen LogP contribution is 2.32. The lowest BCUT2D eigenvalue weighted by Crippen LogP contribution is -2.13. The Balaban J connectivity index is 1.93. The Morgan fingerprint density at radius 2 is 2.04 bits per heavy atom. The van der Waals surface area contributed by atoms with Crippen molar-refractivity contribution >= 4 is 44.2 Å². The fourth-order valence-corrected chi connectivity index (χ4v) is 3.12. The van der Waals surface area contributed by atoms with Crippen LogP contribution >= 0.6 is 22.9 Å². The highest BCUT2D eigenvalue weighted by atomic mass is 35.5. The van der Waals surface area contributed by atoms with E-state index in [4.69, 9.17) is 16.3 Å². The number of methoxy groups -OCH3 is 1. The predicted molar refractivity (Wildman–Crippen MR) is 85.5 cm³/mol. The van der Waals surface area contributed by atoms with Crippen LogP contribution in [0.1, 0.15) is 10.4 Å². The maximum atomic E-state index is 13.3. The molecular formula is C15H9ClF2N2O2S. The van der Waals surface area contributed by atoms with Gasteiger partial charge in [-0.25, -0.2) is 13.8 Å². The maximum absolute atomic E-state index is 13.3. The number of nitrogens with one attached hydrogen (secondary N) is 1. The van der Waals surface area contributed by atoms with Gasteiger partial charge >= 0.3 is 0 Å². The summed E-state index contributed by atoms with van der Waals surface area (Å²) in [5, 5.41) is 2.65. The molecular weight excluding hydrogens is 346 g/mol. The van der Waals surface area contributed by atoms with Crippen molar-refractivity contribution in [2.24, 2.45) is 0 Å². The largest absolute Gasteiger partial charge is 0.494 e. The smallest absolute Gasteiger partial charge is 0.259 e. The van der Waals surface area contributed by atoms with Gasteiger partial charge in [0.2, 0.25) is 0 Å². The van der Waals surface area contributed by atoms with E-state index in [0.717, 1.165) is 16.8 Å². The molecule has 1 amide bonds. The van der Waals surface area contributed by atoms with Gasteiger partial charge < -0.3 is 4.74 Å². The molecule has 3 rings (SSSR count). The van der Waals surface area contributed by atoms with Crippen LogP contribution in [0.25, 0.3) is 10.2 Å². The van der Waals surface area contributed by atoms with Gasteiger partial charge in [-0.2, -0.15) is 0 Å². The first-order valence-corrected chi connectivity index (χ1v) is 7.58. The number of fused-ring (bicyclic) bond motifs is 1. The zero-order valence-electron chi connectivity index (χ0n) is 11.7. The number of carbonyl (C=O) groups is 1. The second-order valence-corrected chi connectivity index (χ2v) is 5.96. The number of carbonyl (C=O) groups excluding carboxylic acids is 1. The molecule has 0 saturated carbocycles. The van der Waals surface area contributed by atoms with E-state index in [1.54, 1.807) is 12.1 Å². The van der Waals surface area contributed by atoms with E-state index in [-0.39, 0.29) is 10.6 Å². The van der Waals surface area contributed by atoms with Crippen LogP contribution in [-0.4, -0.2) is 18.0 Å². The summed E-state index contributed by atoms with van der Waals surface area (Å²) in [4.78, 5) is 16.4. The van der Waals surface area contributed by atoms with Crippen molar-refractivity contribution in [1.82, 2.24) is 4.98 Å². The summed E-state index contributed by atoms with van der Waals surface area (Å²) in [7, 11) is 1.52. The fourth-order valence-electron chi connectivity index (χ4n) is 2.00. The van der Waals surface area contributed by atoms with E-state index >= 15 is 0 Å². The molecule has 0 spiro atoms. The van der Waals surface area contributed by atoms with E-state index in [9.17, 15) is 13.6 Å². The van der Waals surface area contributed by atoms with Crippen LogP contribution < -0.4 is 10.1 Å². The monoisotopic (exact) mass is 354 g/mol. The number of aromatic nitrogens is 1. The lowest BCUT2D eigenvalue weighted by Gasteiger charge is -2.04. The van der Waals surface area contributed by atoms with Crippen molar-refractivity contribution < 1.29 is 18.3 Å². The van der Waals surface area contributed by atoms with Gasteiger partial charge in [0.05, 0.1) is 22.4 Å². The summed E-state index contributed by atoms with van der Waals surface area (Å²) >= 11 is 7.01. The Labute approximate surface area is 138 Å². The number of benzene rings is 2. The van der Waals surface area contributed by atoms with Crippen LogP contribution in [0.4, 0.5) is 13.9 Å². The van der Waals surface area contributed by atoms with Crippen molar-refractivity contribution in [1.29, 1.82) is 0 Å². The third-order valence-electron chi connectivity index (χ3n) is 3.08. The number of anilines is 1. The second-order valence-electron chi connectivity index (χ2n) is 4.53. The Kier molecular flexibility index (Phi) is 4.14. The zero-order valence-corrected chi connectivity index (χ0v) is 13.3. The lowest BCUT2D eigenvalue weighted by molar-refractivity contribution is 0.102. The number of hydrogen-bond donors (Lipinski definition) is 1. The second kappa shape index (κ2) is 6.10. The number of hydrogen-bond acceptors (Lipinski definition) is 4. The predicted octanol–water partition coefficient (Wildman–Crippen LogP) is 4.49. The fraction of sp³-hybridized carbons (Fsp3) is 0.0667. The molecule has 0 fully saturated rings. The Bertz CT molecular complexity index is 914. The number of nitrogens with zero attached hydrogens (tertiary/aromatic N) is 1. The van der Waals surface area contributed by atoms with Crippen LogP contribution in [0.3, 0.4) is 0 Å². The molecule has 0 saturated heterocycles. The van der Waals surface area contributed by atoms with E-state index in [1.807, 2.05) is 6.07 Å². The normalized spacial score (nSPS) is 10.8. The Hall–Kier alpha value is -2.25. The average molecular weight is 355 g/mol. The summed E-state index contributed by atoms with van der Waals surface area (Å²) < 4.78 is 32.4. The molecule has 2 aromatic carbocycles. The number of thiazole rings is 1. The molecule has 0 unspecified atom stereocenters. The van der Waals surface area contributed by atoms with Crippen molar-refractivity contribution in [2.75, 3.05) is 12.4 Å². The minimum Gasteiger partial charge on any atom is -0.494 e. The van der Waals surface area contributed by atoms with Crippen molar-refractivity contribution in [3.63, 3.8) is 0 Å². The van der Waals surface area contributed by atoms with E-state index in [2.05, 4.69) is 10.3 Å². The summed E-state index contributed by atoms with van der Waals surface area (Å²) in [6.45, 7) is 0. The van der Waals surface area contributed by atoms with Crippen molar-refractivity contribution in [3.05, 3.63) is 52.6 Å². The van der Waals surface area contributed by atoms with Crippen LogP contribution in [0.2, 0.25) is 5.02 Å². The highest BCUT2D eigenvalue weighted by Gasteiger charge is 2.17. The average Bonchev–Trinajstić information content (AvgIpc) is 2.92. The van der Waals surface area contributed by atoms with Crippen molar-refractivity contribution in [2.45, 2.75) is 0 Å². The molecule has 1 aromatic heterocycles. The molecule has 4 nitrogen and oxygen atoms in total. The van der Waals surface area contributed by atoms with E-state index in [1.165, 1.54) is 18.4 Å². The highest BCUT2D eigenvalue weighted by molar-refractivity contribution is 7.22. The lowest BCUT2D eigenvalue weighted by atomic mass is 10.2. The van der Waals surface area contributed by atoms with Gasteiger partial charge in [-0.15, -0.1) is 0 Å². The molecule has 118 valence electrons. The van der Waals surface area contributed by atoms with Gasteiger partial charge in [-0.05, 0) is 24.3 Å². The van der Waals surface area contributed by atoms with Gasteiger partial charge in [0.1, 0.15) is 11.3 Å². The number of halogens is 3. The topological polar surface area (TPSA) is 51.2 Å². The molecule has 0 bridgehead atoms. The molecule has 8 heteroatoms. The van der Waals surface area contributed by atoms with Crippen LogP contribution in [0.5, 0.6) is 5.75 Å². The number of amides is 1. The van der Waals surface area contributed by atoms with Gasteiger partial charge in [0, 0.05) is 0 Å². The van der Waals surface area contributed by atoms with Gasteiger partial charge in [0.25, 0.3) is 5.91 Å². The molecule has 1 N–H and O–H groups in total. The summed E-state index contributed by atoms with van der Waals surface area (Å²) in [5.74, 6) is -2.36. The number of rotatable bonds is 3. The Morgan fingerprint density at radius 3 is 2.78 bits per heavy atom. The molecule has 3 aromatic rings. The molecule has 0 aliphatic carbocycles. The first-order valence-electron chi connectivity index (χ1n) is 6.39. The summed E-state index contributed by atoms with van der Waals surface area (Å²) in [5.41, 5.74) is 0.434. The Morgan fingerprint density at radius 1 is 1.30 bits per heavy atom. The minimum atomic E-state index is -1.15. The molecule has 0 aliphatic rings. The molecule has 1 heterocycles. The first-order chi connectivity index (χ1) is 11.0. The standard InChI is InChI=1S/C15H9ClF2N2O2S/c1-22-11-3-2-4-12-13(11)19-15(23-12)20-14(21)7-5-9(17)10(18)6-8(7)16/h2-6H,1H3,(H,19,20,21). The zero-order chi connectivity index (χ0) is 16.6. The number of ether oxygens (including phenoxy) is 1. The third-order valence-corrected chi connectivity index (χ3v) is 4.33. The quantitative estimate of drug-likeness (QED) is 0.705. The molecule has 0 atom stereocenters. The molecule has 0 radical (unpaired) electrons. The molecule has 0 aliphatic heterocycles. The van der Waals surface area contributed by atoms with Gasteiger partial charge in [0.15, 0.2) is 16.8 Å². The van der Waals surface area contributed by atoms with Crippen molar-refractivity contribution in [3.8, 4) is 5.75 Å². The third kappa shape index (κ3) is 2.97. The van der Waals surface area contributed by atoms with Crippen LogP contribution in [0, 0.1) is 11.6 Å². The van der Waals surface area contributed by atoms with Gasteiger partial charge in [-0.3, -0.25) is 10.1 Å². The first kappa shape index (κ1) is 15.6. The maximum Gasteiger partial charge on any atom is 0.259 e. The summed E-state index contributed by atoms with van der Waals surface area (Å²) in [6.07, 6.45) is 0. The van der Waals surface area contributed by atoms with Gasteiger partial charge in [-0.1, -0.05) is 29.0 Å². The van der Waals surface area contributed by atoms with E-state index in [0.29, 0.717) is 16.4 Å². The summed E-state index contributed by atoms with van der Waals surface area (Å²) in [6, 6.07) is 6.89. The SMILES string of the molecule is COc1cccc2sc(NC(=O)c3cc(F)c(F)cc3Cl)nc12.